The molecule has 0 bridgehead atoms. The maximum atomic E-state index is 11.9. The van der Waals surface area contributed by atoms with Crippen LogP contribution >= 0.6 is 11.3 Å². The number of imidazole rings is 1. The van der Waals surface area contributed by atoms with E-state index in [1.807, 2.05) is 22.2 Å². The number of hydrazone groups is 1. The number of carbonyl (C=O) groups excluding carboxylic acids is 1. The van der Waals surface area contributed by atoms with E-state index in [1.54, 1.807) is 31.2 Å². The largest absolute Gasteiger partial charge is 0.297 e. The fraction of sp³-hybridized carbons (Fsp3) is 0.125. The maximum absolute atomic E-state index is 11.9. The molecule has 0 unspecified atom stereocenters. The fourth-order valence-corrected chi connectivity index (χ4v) is 2.78. The fourth-order valence-electron chi connectivity index (χ4n) is 2.06. The SMILES string of the molecule is C/C(=N/NC(=O)Cc1cn2ccsc2n1)c1ccc(C#N)cc1. The van der Waals surface area contributed by atoms with Crippen molar-refractivity contribution in [2.24, 2.45) is 5.10 Å². The molecule has 0 saturated heterocycles. The second-order valence-electron chi connectivity index (χ2n) is 4.92. The second kappa shape index (κ2) is 6.42. The summed E-state index contributed by atoms with van der Waals surface area (Å²) in [7, 11) is 0. The van der Waals surface area contributed by atoms with Crippen molar-refractivity contribution >= 4 is 27.9 Å². The molecule has 1 N–H and O–H groups in total. The maximum Gasteiger partial charge on any atom is 0.246 e. The summed E-state index contributed by atoms with van der Waals surface area (Å²) in [5, 5.41) is 14.8. The number of carbonyl (C=O) groups is 1. The van der Waals surface area contributed by atoms with Gasteiger partial charge in [-0.1, -0.05) is 12.1 Å². The van der Waals surface area contributed by atoms with Gasteiger partial charge in [-0.15, -0.1) is 11.3 Å². The average Bonchev–Trinajstić information content (AvgIpc) is 3.14. The smallest absolute Gasteiger partial charge is 0.246 e. The first-order valence-electron chi connectivity index (χ1n) is 6.90. The van der Waals surface area contributed by atoms with E-state index in [9.17, 15) is 4.79 Å². The summed E-state index contributed by atoms with van der Waals surface area (Å²) in [5.41, 5.74) is 5.36. The van der Waals surface area contributed by atoms with Crippen LogP contribution in [0.15, 0.2) is 47.1 Å². The number of thiazole rings is 1. The lowest BCUT2D eigenvalue weighted by molar-refractivity contribution is -0.120. The van der Waals surface area contributed by atoms with E-state index in [4.69, 9.17) is 5.26 Å². The van der Waals surface area contributed by atoms with Gasteiger partial charge in [0.15, 0.2) is 4.96 Å². The molecular formula is C16H13N5OS. The van der Waals surface area contributed by atoms with Crippen molar-refractivity contribution in [3.63, 3.8) is 0 Å². The van der Waals surface area contributed by atoms with Gasteiger partial charge in [-0.05, 0) is 24.6 Å². The molecule has 6 nitrogen and oxygen atoms in total. The van der Waals surface area contributed by atoms with Crippen LogP contribution in [0.3, 0.4) is 0 Å². The molecule has 0 aliphatic rings. The second-order valence-corrected chi connectivity index (χ2v) is 5.80. The van der Waals surface area contributed by atoms with Crippen molar-refractivity contribution in [2.45, 2.75) is 13.3 Å². The molecule has 0 aliphatic heterocycles. The van der Waals surface area contributed by atoms with Crippen LogP contribution in [0.25, 0.3) is 4.96 Å². The Morgan fingerprint density at radius 2 is 2.22 bits per heavy atom. The lowest BCUT2D eigenvalue weighted by atomic mass is 10.1. The Morgan fingerprint density at radius 1 is 1.43 bits per heavy atom. The van der Waals surface area contributed by atoms with Gasteiger partial charge in [0, 0.05) is 17.8 Å². The molecule has 0 aliphatic carbocycles. The van der Waals surface area contributed by atoms with Crippen LogP contribution in [0, 0.1) is 11.3 Å². The minimum Gasteiger partial charge on any atom is -0.297 e. The van der Waals surface area contributed by atoms with E-state index in [2.05, 4.69) is 21.6 Å². The van der Waals surface area contributed by atoms with Crippen LogP contribution in [0.2, 0.25) is 0 Å². The van der Waals surface area contributed by atoms with Gasteiger partial charge in [0.2, 0.25) is 5.91 Å². The number of amides is 1. The molecule has 1 amide bonds. The third-order valence-corrected chi connectivity index (χ3v) is 4.04. The lowest BCUT2D eigenvalue weighted by Gasteiger charge is -2.02. The van der Waals surface area contributed by atoms with Crippen LogP contribution in [-0.4, -0.2) is 21.0 Å². The minimum atomic E-state index is -0.219. The van der Waals surface area contributed by atoms with E-state index < -0.39 is 0 Å². The van der Waals surface area contributed by atoms with Gasteiger partial charge in [0.25, 0.3) is 0 Å². The predicted octanol–water partition coefficient (Wildman–Crippen LogP) is 2.35. The van der Waals surface area contributed by atoms with E-state index in [1.165, 1.54) is 11.3 Å². The highest BCUT2D eigenvalue weighted by atomic mass is 32.1. The summed E-state index contributed by atoms with van der Waals surface area (Å²) < 4.78 is 1.89. The number of benzene rings is 1. The van der Waals surface area contributed by atoms with Crippen LogP contribution in [0.5, 0.6) is 0 Å². The van der Waals surface area contributed by atoms with E-state index in [0.717, 1.165) is 10.5 Å². The average molecular weight is 323 g/mol. The Hall–Kier alpha value is -2.98. The zero-order valence-corrected chi connectivity index (χ0v) is 13.2. The number of rotatable bonds is 4. The van der Waals surface area contributed by atoms with Crippen LogP contribution < -0.4 is 5.43 Å². The van der Waals surface area contributed by atoms with Crippen LogP contribution in [-0.2, 0) is 11.2 Å². The lowest BCUT2D eigenvalue weighted by Crippen LogP contribution is -2.21. The highest BCUT2D eigenvalue weighted by Crippen LogP contribution is 2.11. The molecule has 0 saturated carbocycles. The van der Waals surface area contributed by atoms with E-state index in [0.29, 0.717) is 17.0 Å². The highest BCUT2D eigenvalue weighted by molar-refractivity contribution is 7.15. The molecular weight excluding hydrogens is 310 g/mol. The summed E-state index contributed by atoms with van der Waals surface area (Å²) in [6, 6.07) is 9.09. The van der Waals surface area contributed by atoms with Gasteiger partial charge in [-0.3, -0.25) is 9.20 Å². The van der Waals surface area contributed by atoms with Crippen molar-refractivity contribution in [1.29, 1.82) is 5.26 Å². The first-order valence-corrected chi connectivity index (χ1v) is 7.78. The molecule has 2 aromatic heterocycles. The van der Waals surface area contributed by atoms with Gasteiger partial charge < -0.3 is 0 Å². The Morgan fingerprint density at radius 3 is 2.91 bits per heavy atom. The van der Waals surface area contributed by atoms with Gasteiger partial charge in [0.1, 0.15) is 0 Å². The van der Waals surface area contributed by atoms with Gasteiger partial charge >= 0.3 is 0 Å². The standard InChI is InChI=1S/C16H13N5OS/c1-11(13-4-2-12(9-17)3-5-13)19-20-15(22)8-14-10-21-6-7-23-16(21)18-14/h2-7,10H,8H2,1H3,(H,20,22)/b19-11-. The first kappa shape index (κ1) is 14.9. The molecule has 1 aromatic carbocycles. The topological polar surface area (TPSA) is 82.6 Å². The minimum absolute atomic E-state index is 0.179. The summed E-state index contributed by atoms with van der Waals surface area (Å²) >= 11 is 1.52. The molecule has 0 radical (unpaired) electrons. The van der Waals surface area contributed by atoms with E-state index >= 15 is 0 Å². The number of nitrogens with zero attached hydrogens (tertiary/aromatic N) is 4. The normalized spacial score (nSPS) is 11.4. The zero-order valence-electron chi connectivity index (χ0n) is 12.4. The molecule has 114 valence electrons. The highest BCUT2D eigenvalue weighted by Gasteiger charge is 2.08. The Balaban J connectivity index is 1.62. The number of fused-ring (bicyclic) bond motifs is 1. The monoisotopic (exact) mass is 323 g/mol. The van der Waals surface area contributed by atoms with Gasteiger partial charge in [-0.2, -0.15) is 10.4 Å². The molecule has 3 rings (SSSR count). The molecule has 2 heterocycles. The Kier molecular flexibility index (Phi) is 4.17. The van der Waals surface area contributed by atoms with Crippen molar-refractivity contribution in [3.8, 4) is 6.07 Å². The summed E-state index contributed by atoms with van der Waals surface area (Å²) in [6.45, 7) is 1.80. The zero-order chi connectivity index (χ0) is 16.2. The van der Waals surface area contributed by atoms with Gasteiger partial charge in [-0.25, -0.2) is 10.4 Å². The number of nitriles is 1. The van der Waals surface area contributed by atoms with Crippen molar-refractivity contribution < 1.29 is 4.79 Å². The quantitative estimate of drug-likeness (QED) is 0.591. The third-order valence-electron chi connectivity index (χ3n) is 3.26. The van der Waals surface area contributed by atoms with Crippen molar-refractivity contribution in [2.75, 3.05) is 0 Å². The summed E-state index contributed by atoms with van der Waals surface area (Å²) in [6.07, 6.45) is 3.92. The summed E-state index contributed by atoms with van der Waals surface area (Å²) in [5.74, 6) is -0.219. The number of hydrogen-bond acceptors (Lipinski definition) is 5. The van der Waals surface area contributed by atoms with Crippen LogP contribution in [0.4, 0.5) is 0 Å². The van der Waals surface area contributed by atoms with Crippen LogP contribution in [0.1, 0.15) is 23.7 Å². The molecule has 23 heavy (non-hydrogen) atoms. The molecule has 0 spiro atoms. The van der Waals surface area contributed by atoms with E-state index in [-0.39, 0.29) is 12.3 Å². The Labute approximate surface area is 136 Å². The molecule has 3 aromatic rings. The number of nitrogens with one attached hydrogen (secondary N) is 1. The molecule has 0 fully saturated rings. The van der Waals surface area contributed by atoms with Crippen molar-refractivity contribution in [1.82, 2.24) is 14.8 Å². The Bertz CT molecular complexity index is 885. The molecule has 0 atom stereocenters. The van der Waals surface area contributed by atoms with Gasteiger partial charge in [0.05, 0.1) is 29.5 Å². The predicted molar refractivity (Wildman–Crippen MR) is 88.3 cm³/mol. The number of hydrogen-bond donors (Lipinski definition) is 1. The number of aromatic nitrogens is 2. The van der Waals surface area contributed by atoms with Crippen molar-refractivity contribution in [3.05, 3.63) is 58.9 Å². The molecule has 7 heteroatoms. The first-order chi connectivity index (χ1) is 11.2. The third kappa shape index (κ3) is 3.44. The summed E-state index contributed by atoms with van der Waals surface area (Å²) in [4.78, 5) is 17.2.